The first-order valence-corrected chi connectivity index (χ1v) is 9.91. The number of esters is 1. The molecule has 144 valence electrons. The van der Waals surface area contributed by atoms with Gasteiger partial charge >= 0.3 is 5.97 Å². The Kier molecular flexibility index (Phi) is 6.28. The largest absolute Gasteiger partial charge is 0.456 e. The van der Waals surface area contributed by atoms with Gasteiger partial charge in [-0.15, -0.1) is 0 Å². The molecule has 7 heteroatoms. The predicted molar refractivity (Wildman–Crippen MR) is 108 cm³/mol. The van der Waals surface area contributed by atoms with Crippen molar-refractivity contribution in [1.82, 2.24) is 0 Å². The maximum atomic E-state index is 12.9. The Morgan fingerprint density at radius 2 is 1.37 bits per heavy atom. The molecule has 0 aliphatic rings. The number of hydrogen-bond acceptors (Lipinski definition) is 5. The van der Waals surface area contributed by atoms with Crippen molar-refractivity contribution in [1.29, 1.82) is 0 Å². The lowest BCUT2D eigenvalue weighted by atomic mass is 10.2. The van der Waals surface area contributed by atoms with Crippen molar-refractivity contribution in [3.63, 3.8) is 0 Å². The van der Waals surface area contributed by atoms with Crippen molar-refractivity contribution >= 4 is 27.4 Å². The molecule has 0 unspecified atom stereocenters. The van der Waals surface area contributed by atoms with Gasteiger partial charge in [0, 0.05) is 17.1 Å². The van der Waals surface area contributed by atoms with Gasteiger partial charge in [0.1, 0.15) is 5.60 Å². The summed E-state index contributed by atoms with van der Waals surface area (Å²) in [6.45, 7) is 6.57. The summed E-state index contributed by atoms with van der Waals surface area (Å²) in [5.41, 5.74) is 0.341. The molecule has 0 aliphatic heterocycles. The first-order valence-electron chi connectivity index (χ1n) is 8.43. The zero-order chi connectivity index (χ0) is 20.1. The Hall–Kier alpha value is -2.80. The van der Waals surface area contributed by atoms with Crippen LogP contribution in [0.1, 0.15) is 27.7 Å². The van der Waals surface area contributed by atoms with Gasteiger partial charge in [0.05, 0.1) is 0 Å². The van der Waals surface area contributed by atoms with Gasteiger partial charge < -0.3 is 10.1 Å². The summed E-state index contributed by atoms with van der Waals surface area (Å²) in [6.07, 6.45) is 0. The van der Waals surface area contributed by atoms with E-state index in [-0.39, 0.29) is 5.70 Å². The predicted octanol–water partition coefficient (Wildman–Crippen LogP) is 4.11. The van der Waals surface area contributed by atoms with Gasteiger partial charge in [-0.2, -0.15) is 0 Å². The lowest BCUT2D eigenvalue weighted by Gasteiger charge is -2.22. The number of nitrogens with one attached hydrogen (secondary N) is 2. The fourth-order valence-corrected chi connectivity index (χ4v) is 3.56. The van der Waals surface area contributed by atoms with Crippen LogP contribution in [0.3, 0.4) is 0 Å². The average molecular weight is 388 g/mol. The summed E-state index contributed by atoms with van der Waals surface area (Å²) >= 11 is 0. The van der Waals surface area contributed by atoms with Crippen LogP contribution < -0.4 is 10.0 Å². The summed E-state index contributed by atoms with van der Waals surface area (Å²) < 4.78 is 33.7. The minimum Gasteiger partial charge on any atom is -0.456 e. The van der Waals surface area contributed by atoms with Crippen LogP contribution in [0.25, 0.3) is 0 Å². The van der Waals surface area contributed by atoms with Crippen molar-refractivity contribution < 1.29 is 17.9 Å². The van der Waals surface area contributed by atoms with Crippen LogP contribution in [0, 0.1) is 0 Å². The van der Waals surface area contributed by atoms with Crippen LogP contribution in [-0.4, -0.2) is 20.0 Å². The first-order chi connectivity index (χ1) is 12.6. The van der Waals surface area contributed by atoms with Crippen molar-refractivity contribution in [2.45, 2.75) is 33.3 Å². The molecule has 0 radical (unpaired) electrons. The van der Waals surface area contributed by atoms with Crippen molar-refractivity contribution in [3.05, 3.63) is 71.3 Å². The van der Waals surface area contributed by atoms with Gasteiger partial charge in [0.2, 0.25) is 0 Å². The van der Waals surface area contributed by atoms with E-state index >= 15 is 0 Å². The maximum absolute atomic E-state index is 12.9. The van der Waals surface area contributed by atoms with Crippen LogP contribution in [0.15, 0.2) is 71.3 Å². The minimum absolute atomic E-state index is 0.166. The summed E-state index contributed by atoms with van der Waals surface area (Å²) in [5.74, 6) is -0.924. The molecule has 2 aromatic rings. The molecule has 2 rings (SSSR count). The van der Waals surface area contributed by atoms with Gasteiger partial charge in [-0.25, -0.2) is 13.2 Å². The highest BCUT2D eigenvalue weighted by molar-refractivity contribution is 7.97. The highest BCUT2D eigenvalue weighted by atomic mass is 32.2. The minimum atomic E-state index is -4.17. The molecule has 0 saturated carbocycles. The zero-order valence-electron chi connectivity index (χ0n) is 15.8. The fourth-order valence-electron chi connectivity index (χ4n) is 2.30. The number of para-hydroxylation sites is 2. The number of hydrogen-bond donors (Lipinski definition) is 2. The van der Waals surface area contributed by atoms with E-state index in [1.807, 2.05) is 6.07 Å². The molecule has 0 aromatic heterocycles. The van der Waals surface area contributed by atoms with Gasteiger partial charge in [-0.3, -0.25) is 4.72 Å². The van der Waals surface area contributed by atoms with Gasteiger partial charge in [-0.1, -0.05) is 36.4 Å². The molecule has 0 aliphatic carbocycles. The van der Waals surface area contributed by atoms with Crippen LogP contribution >= 0.6 is 0 Å². The van der Waals surface area contributed by atoms with E-state index in [1.165, 1.54) is 6.92 Å². The van der Waals surface area contributed by atoms with Crippen LogP contribution in [0.2, 0.25) is 0 Å². The number of allylic oxidation sites excluding steroid dienone is 1. The molecule has 0 fully saturated rings. The second-order valence-corrected chi connectivity index (χ2v) is 8.54. The number of carbonyl (C=O) groups excluding carboxylic acids is 1. The maximum Gasteiger partial charge on any atom is 0.354 e. The van der Waals surface area contributed by atoms with Gasteiger partial charge in [-0.05, 0) is 52.0 Å². The van der Waals surface area contributed by atoms with Crippen LogP contribution in [0.5, 0.6) is 0 Å². The van der Waals surface area contributed by atoms with Crippen molar-refractivity contribution in [2.75, 3.05) is 10.0 Å². The summed E-state index contributed by atoms with van der Waals surface area (Å²) in [6, 6.07) is 17.4. The molecule has 2 N–H and O–H groups in total. The van der Waals surface area contributed by atoms with Crippen molar-refractivity contribution in [2.24, 2.45) is 0 Å². The summed E-state index contributed by atoms with van der Waals surface area (Å²) in [4.78, 5) is 12.2. The van der Waals surface area contributed by atoms with Crippen LogP contribution in [0.4, 0.5) is 11.4 Å². The Morgan fingerprint density at radius 3 is 1.85 bits per heavy atom. The normalized spacial score (nSPS) is 12.7. The molecule has 0 atom stereocenters. The first kappa shape index (κ1) is 20.5. The SMILES string of the molecule is C/C(Nc1ccccc1)=C(/C(=O)OC(C)(C)C)S(=O)(=O)Nc1ccccc1. The Labute approximate surface area is 160 Å². The highest BCUT2D eigenvalue weighted by Gasteiger charge is 2.32. The topological polar surface area (TPSA) is 84.5 Å². The summed E-state index contributed by atoms with van der Waals surface area (Å²) in [5, 5.41) is 2.96. The summed E-state index contributed by atoms with van der Waals surface area (Å²) in [7, 11) is -4.17. The number of rotatable bonds is 6. The molecule has 0 heterocycles. The number of anilines is 2. The van der Waals surface area contributed by atoms with E-state index in [4.69, 9.17) is 4.74 Å². The Bertz CT molecular complexity index is 915. The molecule has 6 nitrogen and oxygen atoms in total. The van der Waals surface area contributed by atoms with E-state index in [9.17, 15) is 13.2 Å². The zero-order valence-corrected chi connectivity index (χ0v) is 16.6. The molecular weight excluding hydrogens is 364 g/mol. The van der Waals surface area contributed by atoms with Crippen molar-refractivity contribution in [3.8, 4) is 0 Å². The standard InChI is InChI=1S/C20H24N2O4S/c1-15(21-16-11-7-5-8-12-16)18(19(23)26-20(2,3)4)27(24,25)22-17-13-9-6-10-14-17/h5-14,21-22H,1-4H3/b18-15+. The third-order valence-electron chi connectivity index (χ3n) is 3.33. The average Bonchev–Trinajstić information content (AvgIpc) is 2.54. The van der Waals surface area contributed by atoms with E-state index in [1.54, 1.807) is 75.4 Å². The molecule has 0 saturated heterocycles. The van der Waals surface area contributed by atoms with E-state index in [0.29, 0.717) is 11.4 Å². The number of ether oxygens (including phenoxy) is 1. The molecule has 27 heavy (non-hydrogen) atoms. The third kappa shape index (κ3) is 6.14. The smallest absolute Gasteiger partial charge is 0.354 e. The monoisotopic (exact) mass is 388 g/mol. The Morgan fingerprint density at radius 1 is 0.889 bits per heavy atom. The molecular formula is C20H24N2O4S. The van der Waals surface area contributed by atoms with E-state index in [0.717, 1.165) is 0 Å². The number of carbonyl (C=O) groups is 1. The Balaban J connectivity index is 2.45. The number of benzene rings is 2. The fraction of sp³-hybridized carbons (Fsp3) is 0.250. The highest BCUT2D eigenvalue weighted by Crippen LogP contribution is 2.22. The van der Waals surface area contributed by atoms with E-state index < -0.39 is 26.5 Å². The number of sulfonamides is 1. The molecule has 2 aromatic carbocycles. The van der Waals surface area contributed by atoms with Crippen LogP contribution in [-0.2, 0) is 19.6 Å². The van der Waals surface area contributed by atoms with E-state index in [2.05, 4.69) is 10.0 Å². The van der Waals surface area contributed by atoms with Gasteiger partial charge in [0.25, 0.3) is 10.0 Å². The molecule has 0 spiro atoms. The lowest BCUT2D eigenvalue weighted by Crippen LogP contribution is -2.31. The van der Waals surface area contributed by atoms with Gasteiger partial charge in [0.15, 0.2) is 4.91 Å². The second kappa shape index (κ2) is 8.26. The quantitative estimate of drug-likeness (QED) is 0.575. The molecule has 0 bridgehead atoms. The lowest BCUT2D eigenvalue weighted by molar-refractivity contribution is -0.149. The third-order valence-corrected chi connectivity index (χ3v) is 4.84. The molecule has 0 amide bonds. The second-order valence-electron chi connectivity index (χ2n) is 6.92.